The van der Waals surface area contributed by atoms with E-state index >= 15 is 0 Å². The average Bonchev–Trinajstić information content (AvgIpc) is 3.72. The number of hydrogen-bond acceptors (Lipinski definition) is 7. The number of rotatable bonds is 9. The number of furan rings is 1. The quantitative estimate of drug-likeness (QED) is 0.459. The van der Waals surface area contributed by atoms with Gasteiger partial charge in [0.25, 0.3) is 5.91 Å². The molecular weight excluding hydrogens is 478 g/mol. The molecule has 3 heterocycles. The van der Waals surface area contributed by atoms with Crippen molar-refractivity contribution in [2.45, 2.75) is 25.0 Å². The third kappa shape index (κ3) is 5.59. The van der Waals surface area contributed by atoms with Crippen molar-refractivity contribution in [3.63, 3.8) is 0 Å². The largest absolute Gasteiger partial charge is 0.459 e. The van der Waals surface area contributed by atoms with Gasteiger partial charge in [-0.25, -0.2) is 0 Å². The molecule has 1 saturated heterocycles. The number of nitrogens with one attached hydrogen (secondary N) is 2. The lowest BCUT2D eigenvalue weighted by Crippen LogP contribution is -2.48. The van der Waals surface area contributed by atoms with E-state index in [1.54, 1.807) is 48.5 Å². The van der Waals surface area contributed by atoms with Crippen LogP contribution in [0.3, 0.4) is 0 Å². The lowest BCUT2D eigenvalue weighted by Gasteiger charge is -2.32. The Balaban J connectivity index is 1.46. The van der Waals surface area contributed by atoms with Crippen molar-refractivity contribution in [3.05, 3.63) is 78.3 Å². The van der Waals surface area contributed by atoms with Crippen LogP contribution in [-0.4, -0.2) is 50.3 Å². The monoisotopic (exact) mass is 505 g/mol. The molecule has 37 heavy (non-hydrogen) atoms. The van der Waals surface area contributed by atoms with Crippen molar-refractivity contribution in [1.29, 1.82) is 0 Å². The molecule has 192 valence electrons. The lowest BCUT2D eigenvalue weighted by atomic mass is 10.0. The van der Waals surface area contributed by atoms with Gasteiger partial charge in [0.2, 0.25) is 18.6 Å². The Morgan fingerprint density at radius 3 is 2.57 bits per heavy atom. The Hall–Kier alpha value is -4.31. The van der Waals surface area contributed by atoms with Gasteiger partial charge < -0.3 is 29.3 Å². The van der Waals surface area contributed by atoms with Gasteiger partial charge in [-0.05, 0) is 42.7 Å². The summed E-state index contributed by atoms with van der Waals surface area (Å²) in [6, 6.07) is 16.1. The topological polar surface area (TPSA) is 119 Å². The molecule has 0 bridgehead atoms. The van der Waals surface area contributed by atoms with Gasteiger partial charge in [0.1, 0.15) is 6.04 Å². The average molecular weight is 506 g/mol. The molecule has 10 heteroatoms. The zero-order valence-corrected chi connectivity index (χ0v) is 20.1. The van der Waals surface area contributed by atoms with Crippen LogP contribution in [0.4, 0.5) is 5.69 Å². The van der Waals surface area contributed by atoms with E-state index < -0.39 is 17.9 Å². The maximum absolute atomic E-state index is 13.7. The molecule has 2 atom stereocenters. The van der Waals surface area contributed by atoms with Gasteiger partial charge in [-0.1, -0.05) is 30.3 Å². The Morgan fingerprint density at radius 1 is 0.973 bits per heavy atom. The fraction of sp³-hybridized carbons (Fsp3) is 0.296. The minimum Gasteiger partial charge on any atom is -0.459 e. The number of benzene rings is 2. The Bertz CT molecular complexity index is 1240. The molecule has 1 aromatic heterocycles. The summed E-state index contributed by atoms with van der Waals surface area (Å²) in [7, 11) is 0. The Labute approximate surface area is 213 Å². The van der Waals surface area contributed by atoms with E-state index in [1.165, 1.54) is 17.2 Å². The third-order valence-corrected chi connectivity index (χ3v) is 6.20. The predicted octanol–water partition coefficient (Wildman–Crippen LogP) is 2.81. The second kappa shape index (κ2) is 11.2. The first-order valence-corrected chi connectivity index (χ1v) is 12.1. The molecule has 3 aromatic rings. The summed E-state index contributed by atoms with van der Waals surface area (Å²) in [4.78, 5) is 41.2. The normalized spacial score (nSPS) is 16.7. The highest BCUT2D eigenvalue weighted by Crippen LogP contribution is 2.38. The van der Waals surface area contributed by atoms with Crippen LogP contribution in [0.1, 0.15) is 35.0 Å². The van der Waals surface area contributed by atoms with Crippen LogP contribution in [0.15, 0.2) is 71.3 Å². The minimum atomic E-state index is -1.02. The summed E-state index contributed by atoms with van der Waals surface area (Å²) in [6.45, 7) is 0.701. The number of amides is 3. The fourth-order valence-electron chi connectivity index (χ4n) is 4.38. The first-order valence-electron chi connectivity index (χ1n) is 12.1. The molecule has 0 spiro atoms. The number of anilines is 1. The van der Waals surface area contributed by atoms with Crippen LogP contribution in [0.2, 0.25) is 0 Å². The van der Waals surface area contributed by atoms with E-state index in [9.17, 15) is 14.4 Å². The first-order chi connectivity index (χ1) is 18.1. The molecule has 0 radical (unpaired) electrons. The van der Waals surface area contributed by atoms with E-state index in [1.807, 2.05) is 6.07 Å². The van der Waals surface area contributed by atoms with Crippen LogP contribution in [0.5, 0.6) is 11.5 Å². The molecule has 10 nitrogen and oxygen atoms in total. The number of ether oxygens (including phenoxy) is 3. The van der Waals surface area contributed by atoms with Gasteiger partial charge in [-0.15, -0.1) is 0 Å². The van der Waals surface area contributed by atoms with Gasteiger partial charge in [0.05, 0.1) is 18.9 Å². The second-order valence-corrected chi connectivity index (χ2v) is 8.65. The number of nitrogens with zero attached hydrogens (tertiary/aromatic N) is 1. The summed E-state index contributed by atoms with van der Waals surface area (Å²) >= 11 is 0. The Kier molecular flexibility index (Phi) is 7.36. The number of carbonyl (C=O) groups is 3. The van der Waals surface area contributed by atoms with E-state index in [0.29, 0.717) is 35.9 Å². The number of hydrogen-bond donors (Lipinski definition) is 2. The van der Waals surface area contributed by atoms with Crippen molar-refractivity contribution in [2.24, 2.45) is 0 Å². The predicted molar refractivity (Wildman–Crippen MR) is 132 cm³/mol. The fourth-order valence-corrected chi connectivity index (χ4v) is 4.38. The maximum Gasteiger partial charge on any atom is 0.287 e. The standard InChI is InChI=1S/C27H27N3O7/c31-24(16-29-26(32)22-9-5-13-35-22)30(19-10-11-21-23(14-19)37-17-36-21)25(18-6-2-1-3-7-18)27(33)28-15-20-8-4-12-34-20/h1-3,5-7,9-11,13-14,20,25H,4,8,12,15-17H2,(H,28,33)(H,29,32)/t20-,25+/m0/s1. The van der Waals surface area contributed by atoms with Gasteiger partial charge >= 0.3 is 0 Å². The van der Waals surface area contributed by atoms with Gasteiger partial charge in [-0.2, -0.15) is 0 Å². The number of carbonyl (C=O) groups excluding carboxylic acids is 3. The van der Waals surface area contributed by atoms with Gasteiger partial charge in [0, 0.05) is 24.9 Å². The molecule has 5 rings (SSSR count). The Morgan fingerprint density at radius 2 is 1.81 bits per heavy atom. The highest BCUT2D eigenvalue weighted by molar-refractivity contribution is 6.04. The van der Waals surface area contributed by atoms with E-state index in [2.05, 4.69) is 10.6 Å². The van der Waals surface area contributed by atoms with E-state index in [4.69, 9.17) is 18.6 Å². The zero-order valence-electron chi connectivity index (χ0n) is 20.1. The minimum absolute atomic E-state index is 0.0654. The van der Waals surface area contributed by atoms with Crippen LogP contribution in [-0.2, 0) is 14.3 Å². The summed E-state index contributed by atoms with van der Waals surface area (Å²) in [5.41, 5.74) is 1.03. The third-order valence-electron chi connectivity index (χ3n) is 6.20. The van der Waals surface area contributed by atoms with Crippen LogP contribution >= 0.6 is 0 Å². The van der Waals surface area contributed by atoms with Crippen LogP contribution < -0.4 is 25.0 Å². The van der Waals surface area contributed by atoms with Crippen molar-refractivity contribution in [3.8, 4) is 11.5 Å². The molecule has 2 N–H and O–H groups in total. The van der Waals surface area contributed by atoms with Crippen molar-refractivity contribution >= 4 is 23.4 Å². The highest BCUT2D eigenvalue weighted by Gasteiger charge is 2.34. The SMILES string of the molecule is O=C(NCC(=O)N(c1ccc2c(c1)OCO2)[C@@H](C(=O)NC[C@@H]1CCCO1)c1ccccc1)c1ccco1. The summed E-state index contributed by atoms with van der Waals surface area (Å²) in [5, 5.41) is 5.53. The molecule has 1 fully saturated rings. The molecule has 2 aliphatic rings. The molecule has 0 unspecified atom stereocenters. The summed E-state index contributed by atoms with van der Waals surface area (Å²) in [6.07, 6.45) is 3.11. The molecule has 2 aliphatic heterocycles. The summed E-state index contributed by atoms with van der Waals surface area (Å²) in [5.74, 6) is -0.327. The van der Waals surface area contributed by atoms with Crippen LogP contribution in [0.25, 0.3) is 0 Å². The van der Waals surface area contributed by atoms with Gasteiger partial charge in [0.15, 0.2) is 17.3 Å². The first kappa shape index (κ1) is 24.4. The molecule has 2 aromatic carbocycles. The maximum atomic E-state index is 13.7. The smallest absolute Gasteiger partial charge is 0.287 e. The second-order valence-electron chi connectivity index (χ2n) is 8.65. The molecule has 3 amide bonds. The molecular formula is C27H27N3O7. The molecule has 0 saturated carbocycles. The van der Waals surface area contributed by atoms with Crippen molar-refractivity contribution in [1.82, 2.24) is 10.6 Å². The van der Waals surface area contributed by atoms with E-state index in [-0.39, 0.29) is 31.1 Å². The number of fused-ring (bicyclic) bond motifs is 1. The molecule has 0 aliphatic carbocycles. The summed E-state index contributed by atoms with van der Waals surface area (Å²) < 4.78 is 21.7. The van der Waals surface area contributed by atoms with Crippen LogP contribution in [0, 0.1) is 0 Å². The lowest BCUT2D eigenvalue weighted by molar-refractivity contribution is -0.126. The van der Waals surface area contributed by atoms with Crippen molar-refractivity contribution in [2.75, 3.05) is 31.4 Å². The van der Waals surface area contributed by atoms with E-state index in [0.717, 1.165) is 12.8 Å². The zero-order chi connectivity index (χ0) is 25.6. The van der Waals surface area contributed by atoms with Gasteiger partial charge in [-0.3, -0.25) is 19.3 Å². The highest BCUT2D eigenvalue weighted by atomic mass is 16.7. The van der Waals surface area contributed by atoms with Crippen molar-refractivity contribution < 1.29 is 33.0 Å².